The fraction of sp³-hybridized carbons (Fsp3) is 0.909. The number of hydrogen-bond donors (Lipinski definition) is 2. The zero-order chi connectivity index (χ0) is 11.3. The van der Waals surface area contributed by atoms with Gasteiger partial charge in [-0.3, -0.25) is 4.79 Å². The van der Waals surface area contributed by atoms with Crippen LogP contribution < -0.4 is 11.1 Å². The average molecular weight is 230 g/mol. The summed E-state index contributed by atoms with van der Waals surface area (Å²) < 4.78 is 0. The maximum atomic E-state index is 11.4. The normalized spacial score (nSPS) is 28.5. The largest absolute Gasteiger partial charge is 0.352 e. The molecular formula is C11H22N2OS. The molecule has 0 radical (unpaired) electrons. The van der Waals surface area contributed by atoms with E-state index in [1.54, 1.807) is 6.92 Å². The quantitative estimate of drug-likeness (QED) is 0.770. The molecule has 1 saturated carbocycles. The number of hydrogen-bond acceptors (Lipinski definition) is 3. The van der Waals surface area contributed by atoms with Crippen molar-refractivity contribution in [1.29, 1.82) is 0 Å². The molecule has 3 N–H and O–H groups in total. The molecule has 1 fully saturated rings. The smallest absolute Gasteiger partial charge is 0.236 e. The van der Waals surface area contributed by atoms with Gasteiger partial charge in [0.15, 0.2) is 0 Å². The van der Waals surface area contributed by atoms with Crippen molar-refractivity contribution < 1.29 is 4.79 Å². The van der Waals surface area contributed by atoms with Crippen molar-refractivity contribution in [2.45, 2.75) is 56.9 Å². The molecule has 0 aliphatic heterocycles. The molecule has 0 heterocycles. The molecule has 2 unspecified atom stereocenters. The lowest BCUT2D eigenvalue weighted by atomic mass is 9.95. The third kappa shape index (κ3) is 4.43. The summed E-state index contributed by atoms with van der Waals surface area (Å²) in [5.74, 6) is 1.15. The first kappa shape index (κ1) is 12.8. The summed E-state index contributed by atoms with van der Waals surface area (Å²) in [6, 6.07) is -0.0366. The molecule has 1 aliphatic carbocycles. The third-order valence-corrected chi connectivity index (χ3v) is 4.02. The Morgan fingerprint density at radius 2 is 2.33 bits per heavy atom. The van der Waals surface area contributed by atoms with Gasteiger partial charge in [0.25, 0.3) is 0 Å². The molecule has 3 atom stereocenters. The topological polar surface area (TPSA) is 55.1 Å². The van der Waals surface area contributed by atoms with E-state index in [9.17, 15) is 4.79 Å². The Hall–Kier alpha value is -0.220. The van der Waals surface area contributed by atoms with E-state index in [1.165, 1.54) is 18.6 Å². The molecule has 15 heavy (non-hydrogen) atoms. The Labute approximate surface area is 96.6 Å². The van der Waals surface area contributed by atoms with Crippen molar-refractivity contribution in [3.05, 3.63) is 0 Å². The van der Waals surface area contributed by atoms with E-state index in [2.05, 4.69) is 12.2 Å². The van der Waals surface area contributed by atoms with E-state index in [0.717, 1.165) is 18.1 Å². The summed E-state index contributed by atoms with van der Waals surface area (Å²) in [7, 11) is 0. The monoisotopic (exact) mass is 230 g/mol. The summed E-state index contributed by atoms with van der Waals surface area (Å²) in [4.78, 5) is 11.4. The molecule has 0 bridgehead atoms. The van der Waals surface area contributed by atoms with Gasteiger partial charge in [-0.15, -0.1) is 0 Å². The molecule has 1 rings (SSSR count). The second kappa shape index (κ2) is 6.38. The number of amides is 1. The maximum Gasteiger partial charge on any atom is 0.236 e. The first-order chi connectivity index (χ1) is 7.13. The van der Waals surface area contributed by atoms with Gasteiger partial charge in [-0.05, 0) is 31.9 Å². The van der Waals surface area contributed by atoms with Gasteiger partial charge in [-0.25, -0.2) is 0 Å². The van der Waals surface area contributed by atoms with E-state index in [0.29, 0.717) is 6.04 Å². The van der Waals surface area contributed by atoms with Crippen molar-refractivity contribution in [2.75, 3.05) is 5.75 Å². The molecule has 4 heteroatoms. The van der Waals surface area contributed by atoms with E-state index < -0.39 is 0 Å². The van der Waals surface area contributed by atoms with Gasteiger partial charge in [0.05, 0.1) is 6.04 Å². The molecule has 0 aromatic heterocycles. The average Bonchev–Trinajstić information content (AvgIpc) is 2.18. The fourth-order valence-electron chi connectivity index (χ4n) is 2.00. The highest BCUT2D eigenvalue weighted by molar-refractivity contribution is 7.99. The van der Waals surface area contributed by atoms with Crippen molar-refractivity contribution >= 4 is 17.7 Å². The molecule has 3 nitrogen and oxygen atoms in total. The third-order valence-electron chi connectivity index (χ3n) is 2.79. The van der Waals surface area contributed by atoms with Crippen LogP contribution in [-0.4, -0.2) is 29.0 Å². The highest BCUT2D eigenvalue weighted by Crippen LogP contribution is 2.28. The Morgan fingerprint density at radius 3 is 2.93 bits per heavy atom. The van der Waals surface area contributed by atoms with Gasteiger partial charge >= 0.3 is 0 Å². The van der Waals surface area contributed by atoms with Gasteiger partial charge < -0.3 is 11.1 Å². The molecular weight excluding hydrogens is 208 g/mol. The van der Waals surface area contributed by atoms with E-state index in [-0.39, 0.29) is 11.9 Å². The zero-order valence-corrected chi connectivity index (χ0v) is 10.5. The van der Waals surface area contributed by atoms with Crippen LogP contribution in [0.4, 0.5) is 0 Å². The standard InChI is InChI=1S/C11H22N2OS/c1-3-15-10-6-4-5-9(7-10)13-11(14)8(2)12/h8-10H,3-7,12H2,1-2H3,(H,13,14)/t8-,9?,10?/m0/s1. The predicted molar refractivity (Wildman–Crippen MR) is 66.0 cm³/mol. The van der Waals surface area contributed by atoms with Crippen LogP contribution in [0.25, 0.3) is 0 Å². The molecule has 0 aromatic carbocycles. The van der Waals surface area contributed by atoms with Gasteiger partial charge in [-0.2, -0.15) is 11.8 Å². The number of thioether (sulfide) groups is 1. The van der Waals surface area contributed by atoms with Crippen LogP contribution in [0.2, 0.25) is 0 Å². The van der Waals surface area contributed by atoms with E-state index in [4.69, 9.17) is 5.73 Å². The van der Waals surface area contributed by atoms with E-state index in [1.807, 2.05) is 11.8 Å². The van der Waals surface area contributed by atoms with Crippen LogP contribution >= 0.6 is 11.8 Å². The SMILES string of the molecule is CCSC1CCCC(NC(=O)[C@H](C)N)C1. The molecule has 1 aliphatic rings. The molecule has 1 amide bonds. The summed E-state index contributed by atoms with van der Waals surface area (Å²) in [6.07, 6.45) is 4.74. The van der Waals surface area contributed by atoms with Gasteiger partial charge in [0, 0.05) is 11.3 Å². The number of nitrogens with two attached hydrogens (primary N) is 1. The van der Waals surface area contributed by atoms with Crippen molar-refractivity contribution in [1.82, 2.24) is 5.32 Å². The van der Waals surface area contributed by atoms with Crippen LogP contribution in [0.1, 0.15) is 39.5 Å². The molecule has 0 aromatic rings. The molecule has 0 spiro atoms. The molecule has 88 valence electrons. The Kier molecular flexibility index (Phi) is 5.47. The fourth-order valence-corrected chi connectivity index (χ4v) is 3.17. The Bertz CT molecular complexity index is 207. The Balaban J connectivity index is 2.32. The van der Waals surface area contributed by atoms with Crippen LogP contribution in [-0.2, 0) is 4.79 Å². The van der Waals surface area contributed by atoms with Crippen molar-refractivity contribution in [2.24, 2.45) is 5.73 Å². The first-order valence-corrected chi connectivity index (χ1v) is 6.86. The highest BCUT2D eigenvalue weighted by atomic mass is 32.2. The van der Waals surface area contributed by atoms with Gasteiger partial charge in [0.1, 0.15) is 0 Å². The Morgan fingerprint density at radius 1 is 1.60 bits per heavy atom. The number of nitrogens with one attached hydrogen (secondary N) is 1. The van der Waals surface area contributed by atoms with Crippen LogP contribution in [0, 0.1) is 0 Å². The predicted octanol–water partition coefficient (Wildman–Crippen LogP) is 1.51. The molecule has 0 saturated heterocycles. The van der Waals surface area contributed by atoms with E-state index >= 15 is 0 Å². The number of carbonyl (C=O) groups excluding carboxylic acids is 1. The second-order valence-corrected chi connectivity index (χ2v) is 5.82. The van der Waals surface area contributed by atoms with Gasteiger partial charge in [-0.1, -0.05) is 13.3 Å². The summed E-state index contributed by atoms with van der Waals surface area (Å²) >= 11 is 2.01. The highest BCUT2D eigenvalue weighted by Gasteiger charge is 2.23. The van der Waals surface area contributed by atoms with Crippen LogP contribution in [0.5, 0.6) is 0 Å². The lowest BCUT2D eigenvalue weighted by Crippen LogP contribution is -2.45. The zero-order valence-electron chi connectivity index (χ0n) is 9.66. The lowest BCUT2D eigenvalue weighted by molar-refractivity contribution is -0.122. The summed E-state index contributed by atoms with van der Waals surface area (Å²) in [5, 5.41) is 3.75. The maximum absolute atomic E-state index is 11.4. The van der Waals surface area contributed by atoms with Crippen LogP contribution in [0.3, 0.4) is 0 Å². The lowest BCUT2D eigenvalue weighted by Gasteiger charge is -2.29. The number of carbonyl (C=O) groups is 1. The minimum absolute atomic E-state index is 0.0119. The van der Waals surface area contributed by atoms with Gasteiger partial charge in [0.2, 0.25) is 5.91 Å². The second-order valence-electron chi connectivity index (χ2n) is 4.24. The summed E-state index contributed by atoms with van der Waals surface area (Å²) in [5.41, 5.74) is 5.53. The first-order valence-electron chi connectivity index (χ1n) is 5.81. The minimum Gasteiger partial charge on any atom is -0.352 e. The minimum atomic E-state index is -0.385. The van der Waals surface area contributed by atoms with Crippen molar-refractivity contribution in [3.63, 3.8) is 0 Å². The van der Waals surface area contributed by atoms with Crippen LogP contribution in [0.15, 0.2) is 0 Å². The van der Waals surface area contributed by atoms with Crippen molar-refractivity contribution in [3.8, 4) is 0 Å². The summed E-state index contributed by atoms with van der Waals surface area (Å²) in [6.45, 7) is 3.92. The number of rotatable bonds is 4.